The predicted octanol–water partition coefficient (Wildman–Crippen LogP) is 1.43. The molecule has 1 aromatic carbocycles. The molecule has 0 aliphatic carbocycles. The van der Waals surface area contributed by atoms with Gasteiger partial charge in [0.25, 0.3) is 0 Å². The maximum Gasteiger partial charge on any atom is 0.237 e. The second-order valence-electron chi connectivity index (χ2n) is 5.71. The van der Waals surface area contributed by atoms with E-state index < -0.39 is 15.6 Å². The van der Waals surface area contributed by atoms with Crippen molar-refractivity contribution in [1.29, 1.82) is 0 Å². The highest BCUT2D eigenvalue weighted by Gasteiger charge is 2.28. The fourth-order valence-electron chi connectivity index (χ4n) is 2.68. The molecule has 122 valence electrons. The first-order valence-corrected chi connectivity index (χ1v) is 9.88. The fourth-order valence-corrected chi connectivity index (χ4v) is 4.31. The van der Waals surface area contributed by atoms with E-state index in [1.165, 1.54) is 0 Å². The third kappa shape index (κ3) is 5.07. The number of rotatable bonds is 6. The van der Waals surface area contributed by atoms with Gasteiger partial charge in [0, 0.05) is 17.6 Å². The summed E-state index contributed by atoms with van der Waals surface area (Å²) in [4.78, 5) is 13.8. The number of amides is 1. The highest BCUT2D eigenvalue weighted by Crippen LogP contribution is 2.17. The molecule has 7 heteroatoms. The van der Waals surface area contributed by atoms with Crippen LogP contribution in [0, 0.1) is 5.92 Å². The fraction of sp³-hybridized carbons (Fsp3) is 0.533. The summed E-state index contributed by atoms with van der Waals surface area (Å²) in [6, 6.07) is 7.11. The van der Waals surface area contributed by atoms with E-state index in [-0.39, 0.29) is 11.7 Å². The smallest absolute Gasteiger partial charge is 0.237 e. The van der Waals surface area contributed by atoms with E-state index in [1.54, 1.807) is 29.2 Å². The van der Waals surface area contributed by atoms with E-state index in [0.29, 0.717) is 24.6 Å². The van der Waals surface area contributed by atoms with Gasteiger partial charge in [-0.1, -0.05) is 28.1 Å². The van der Waals surface area contributed by atoms with Crippen LogP contribution in [0.4, 0.5) is 0 Å². The van der Waals surface area contributed by atoms with Gasteiger partial charge in [0.2, 0.25) is 5.91 Å². The van der Waals surface area contributed by atoms with Gasteiger partial charge in [0.15, 0.2) is 9.84 Å². The van der Waals surface area contributed by atoms with Crippen molar-refractivity contribution in [3.8, 4) is 0 Å². The molecule has 1 unspecified atom stereocenters. The number of carbonyl (C=O) groups is 1. The molecule has 0 aromatic heterocycles. The van der Waals surface area contributed by atoms with Crippen molar-refractivity contribution in [1.82, 2.24) is 10.2 Å². The lowest BCUT2D eigenvalue weighted by molar-refractivity contribution is -0.127. The third-order valence-corrected chi connectivity index (χ3v) is 5.76. The molecule has 0 spiro atoms. The van der Waals surface area contributed by atoms with Crippen LogP contribution in [0.5, 0.6) is 0 Å². The second kappa shape index (κ2) is 7.57. The highest BCUT2D eigenvalue weighted by atomic mass is 79.9. The Hall–Kier alpha value is -0.920. The molecular formula is C15H21BrN2O3S. The Kier molecular flexibility index (Phi) is 6.00. The topological polar surface area (TPSA) is 66.5 Å². The van der Waals surface area contributed by atoms with Gasteiger partial charge in [-0.05, 0) is 43.6 Å². The Labute approximate surface area is 140 Å². The van der Waals surface area contributed by atoms with Crippen molar-refractivity contribution in [2.45, 2.75) is 12.2 Å². The Bertz CT molecular complexity index is 616. The number of likely N-dealkylation sites (tertiary alicyclic amines) is 1. The van der Waals surface area contributed by atoms with Gasteiger partial charge in [-0.2, -0.15) is 0 Å². The van der Waals surface area contributed by atoms with Crippen LogP contribution in [0.25, 0.3) is 0 Å². The second-order valence-corrected chi connectivity index (χ2v) is 8.69. The zero-order valence-electron chi connectivity index (χ0n) is 12.6. The Morgan fingerprint density at radius 1 is 1.36 bits per heavy atom. The van der Waals surface area contributed by atoms with Gasteiger partial charge in [-0.3, -0.25) is 4.79 Å². The molecule has 1 aromatic rings. The van der Waals surface area contributed by atoms with Gasteiger partial charge in [-0.15, -0.1) is 0 Å². The largest absolute Gasteiger partial charge is 0.341 e. The zero-order chi connectivity index (χ0) is 16.2. The number of carbonyl (C=O) groups excluding carboxylic acids is 1. The number of nitrogens with zero attached hydrogens (tertiary/aromatic N) is 1. The van der Waals surface area contributed by atoms with Crippen LogP contribution < -0.4 is 5.32 Å². The van der Waals surface area contributed by atoms with Crippen LogP contribution in [0.1, 0.15) is 12.0 Å². The molecule has 1 amide bonds. The number of sulfone groups is 1. The quantitative estimate of drug-likeness (QED) is 0.800. The maximum atomic E-state index is 12.2. The summed E-state index contributed by atoms with van der Waals surface area (Å²) in [7, 11) is -1.55. The molecule has 0 saturated carbocycles. The average Bonchev–Trinajstić information content (AvgIpc) is 2.90. The molecular weight excluding hydrogens is 368 g/mol. The summed E-state index contributed by atoms with van der Waals surface area (Å²) < 4.78 is 25.3. The third-order valence-electron chi connectivity index (χ3n) is 3.77. The minimum Gasteiger partial charge on any atom is -0.341 e. The van der Waals surface area contributed by atoms with Crippen LogP contribution in [0.15, 0.2) is 28.7 Å². The SMILES string of the molecule is CNCC1CCN(C(=O)CS(=O)(=O)Cc2ccc(Br)cc2)C1. The van der Waals surface area contributed by atoms with Crippen LogP contribution in [-0.4, -0.2) is 51.7 Å². The van der Waals surface area contributed by atoms with Crippen molar-refractivity contribution < 1.29 is 13.2 Å². The van der Waals surface area contributed by atoms with Crippen LogP contribution in [0.2, 0.25) is 0 Å². The predicted molar refractivity (Wildman–Crippen MR) is 90.2 cm³/mol. The lowest BCUT2D eigenvalue weighted by atomic mass is 10.1. The van der Waals surface area contributed by atoms with Crippen LogP contribution in [0.3, 0.4) is 0 Å². The van der Waals surface area contributed by atoms with Crippen molar-refractivity contribution in [3.05, 3.63) is 34.3 Å². The van der Waals surface area contributed by atoms with E-state index in [4.69, 9.17) is 0 Å². The number of nitrogens with one attached hydrogen (secondary N) is 1. The van der Waals surface area contributed by atoms with E-state index in [1.807, 2.05) is 7.05 Å². The highest BCUT2D eigenvalue weighted by molar-refractivity contribution is 9.10. The molecule has 1 saturated heterocycles. The monoisotopic (exact) mass is 388 g/mol. The standard InChI is InChI=1S/C15H21BrN2O3S/c1-17-8-13-6-7-18(9-13)15(19)11-22(20,21)10-12-2-4-14(16)5-3-12/h2-5,13,17H,6-11H2,1H3. The number of hydrogen-bond acceptors (Lipinski definition) is 4. The normalized spacial score (nSPS) is 18.6. The molecule has 1 atom stereocenters. The van der Waals surface area contributed by atoms with Crippen molar-refractivity contribution >= 4 is 31.7 Å². The molecule has 1 aliphatic heterocycles. The zero-order valence-corrected chi connectivity index (χ0v) is 15.0. The summed E-state index contributed by atoms with van der Waals surface area (Å²) in [6.45, 7) is 2.15. The van der Waals surface area contributed by atoms with Crippen LogP contribution in [-0.2, 0) is 20.4 Å². The summed E-state index contributed by atoms with van der Waals surface area (Å²) in [5.74, 6) is -0.367. The lowest BCUT2D eigenvalue weighted by Crippen LogP contribution is -2.35. The summed E-state index contributed by atoms with van der Waals surface area (Å²) in [5, 5.41) is 3.09. The van der Waals surface area contributed by atoms with Crippen molar-refractivity contribution in [2.24, 2.45) is 5.92 Å². The molecule has 1 heterocycles. The molecule has 0 radical (unpaired) electrons. The van der Waals surface area contributed by atoms with Gasteiger partial charge >= 0.3 is 0 Å². The molecule has 5 nitrogen and oxygen atoms in total. The average molecular weight is 389 g/mol. The minimum absolute atomic E-state index is 0.0974. The Morgan fingerprint density at radius 2 is 2.05 bits per heavy atom. The Morgan fingerprint density at radius 3 is 2.68 bits per heavy atom. The Balaban J connectivity index is 1.91. The van der Waals surface area contributed by atoms with E-state index in [9.17, 15) is 13.2 Å². The maximum absolute atomic E-state index is 12.2. The van der Waals surface area contributed by atoms with E-state index in [2.05, 4.69) is 21.2 Å². The number of halogens is 1. The van der Waals surface area contributed by atoms with Gasteiger partial charge in [-0.25, -0.2) is 8.42 Å². The van der Waals surface area contributed by atoms with Gasteiger partial charge < -0.3 is 10.2 Å². The summed E-state index contributed by atoms with van der Waals surface area (Å²) >= 11 is 3.31. The molecule has 1 fully saturated rings. The first-order valence-electron chi connectivity index (χ1n) is 7.27. The lowest BCUT2D eigenvalue weighted by Gasteiger charge is -2.16. The first-order chi connectivity index (χ1) is 10.4. The molecule has 1 N–H and O–H groups in total. The van der Waals surface area contributed by atoms with Crippen LogP contribution >= 0.6 is 15.9 Å². The van der Waals surface area contributed by atoms with E-state index >= 15 is 0 Å². The molecule has 1 aliphatic rings. The number of benzene rings is 1. The van der Waals surface area contributed by atoms with Crippen molar-refractivity contribution in [3.63, 3.8) is 0 Å². The molecule has 22 heavy (non-hydrogen) atoms. The molecule has 2 rings (SSSR count). The number of hydrogen-bond donors (Lipinski definition) is 1. The van der Waals surface area contributed by atoms with E-state index in [0.717, 1.165) is 17.4 Å². The van der Waals surface area contributed by atoms with Gasteiger partial charge in [0.05, 0.1) is 5.75 Å². The van der Waals surface area contributed by atoms with Crippen molar-refractivity contribution in [2.75, 3.05) is 32.4 Å². The summed E-state index contributed by atoms with van der Waals surface area (Å²) in [6.07, 6.45) is 0.930. The minimum atomic E-state index is -3.44. The van der Waals surface area contributed by atoms with Gasteiger partial charge in [0.1, 0.15) is 5.75 Å². The first kappa shape index (κ1) is 17.4. The summed E-state index contributed by atoms with van der Waals surface area (Å²) in [5.41, 5.74) is 0.700. The molecule has 0 bridgehead atoms.